The standard InChI is InChI=1S/C7H10N2O6S2/c8-3-1-5-16(10,11)14-7-15-17(12,13)6-2-4-9/h1-2,5-7H2. The van der Waals surface area contributed by atoms with Gasteiger partial charge in [-0.15, -0.1) is 0 Å². The normalized spacial score (nSPS) is 11.6. The van der Waals surface area contributed by atoms with Crippen LogP contribution in [0.4, 0.5) is 0 Å². The second-order valence-electron chi connectivity index (χ2n) is 2.69. The number of rotatable bonds is 8. The molecule has 0 atom stereocenters. The van der Waals surface area contributed by atoms with Crippen LogP contribution in [-0.2, 0) is 28.6 Å². The van der Waals surface area contributed by atoms with Gasteiger partial charge in [0.25, 0.3) is 20.2 Å². The molecule has 0 aromatic carbocycles. The van der Waals surface area contributed by atoms with Crippen molar-refractivity contribution in [2.24, 2.45) is 0 Å². The minimum absolute atomic E-state index is 0.260. The lowest BCUT2D eigenvalue weighted by Gasteiger charge is -2.04. The molecule has 0 bridgehead atoms. The summed E-state index contributed by atoms with van der Waals surface area (Å²) < 4.78 is 52.3. The third-order valence-electron chi connectivity index (χ3n) is 1.38. The van der Waals surface area contributed by atoms with Gasteiger partial charge in [0.05, 0.1) is 36.5 Å². The molecule has 8 nitrogen and oxygen atoms in total. The fourth-order valence-electron chi connectivity index (χ4n) is 0.625. The van der Waals surface area contributed by atoms with Gasteiger partial charge in [-0.3, -0.25) is 0 Å². The van der Waals surface area contributed by atoms with E-state index < -0.39 is 38.5 Å². The number of hydrogen-bond donors (Lipinski definition) is 0. The molecule has 17 heavy (non-hydrogen) atoms. The maximum absolute atomic E-state index is 11.0. The summed E-state index contributed by atoms with van der Waals surface area (Å²) in [5.74, 6) is -1.07. The second-order valence-corrected chi connectivity index (χ2v) is 6.21. The zero-order valence-electron chi connectivity index (χ0n) is 8.70. The van der Waals surface area contributed by atoms with E-state index in [4.69, 9.17) is 10.5 Å². The Morgan fingerprint density at radius 3 is 1.47 bits per heavy atom. The van der Waals surface area contributed by atoms with Crippen molar-refractivity contribution in [2.45, 2.75) is 12.8 Å². The van der Waals surface area contributed by atoms with Crippen molar-refractivity contribution in [2.75, 3.05) is 18.3 Å². The van der Waals surface area contributed by atoms with Crippen molar-refractivity contribution >= 4 is 20.2 Å². The van der Waals surface area contributed by atoms with Crippen LogP contribution >= 0.6 is 0 Å². The number of nitriles is 2. The molecule has 0 amide bonds. The van der Waals surface area contributed by atoms with Crippen molar-refractivity contribution < 1.29 is 25.2 Å². The van der Waals surface area contributed by atoms with E-state index >= 15 is 0 Å². The maximum atomic E-state index is 11.0. The van der Waals surface area contributed by atoms with E-state index in [1.54, 1.807) is 12.1 Å². The van der Waals surface area contributed by atoms with Gasteiger partial charge in [-0.25, -0.2) is 8.37 Å². The van der Waals surface area contributed by atoms with Crippen LogP contribution in [-0.4, -0.2) is 35.1 Å². The Morgan fingerprint density at radius 2 is 1.18 bits per heavy atom. The topological polar surface area (TPSA) is 134 Å². The Morgan fingerprint density at radius 1 is 0.824 bits per heavy atom. The molecular weight excluding hydrogens is 272 g/mol. The summed E-state index contributed by atoms with van der Waals surface area (Å²) in [6.07, 6.45) is -0.521. The average molecular weight is 282 g/mol. The minimum Gasteiger partial charge on any atom is -0.240 e. The summed E-state index contributed by atoms with van der Waals surface area (Å²) in [5, 5.41) is 16.3. The quantitative estimate of drug-likeness (QED) is 0.428. The first-order chi connectivity index (χ1) is 7.83. The highest BCUT2D eigenvalue weighted by Gasteiger charge is 2.15. The van der Waals surface area contributed by atoms with E-state index in [9.17, 15) is 16.8 Å². The Hall–Kier alpha value is -1.20. The highest BCUT2D eigenvalue weighted by Crippen LogP contribution is 2.00. The molecule has 0 fully saturated rings. The Bertz CT molecular complexity index is 462. The van der Waals surface area contributed by atoms with Crippen LogP contribution in [0.25, 0.3) is 0 Å². The van der Waals surface area contributed by atoms with Crippen LogP contribution in [0.2, 0.25) is 0 Å². The van der Waals surface area contributed by atoms with Crippen molar-refractivity contribution in [3.63, 3.8) is 0 Å². The zero-order chi connectivity index (χ0) is 13.4. The molecule has 0 rings (SSSR count). The van der Waals surface area contributed by atoms with Gasteiger partial charge < -0.3 is 0 Å². The number of hydrogen-bond acceptors (Lipinski definition) is 8. The van der Waals surface area contributed by atoms with Crippen molar-refractivity contribution in [3.8, 4) is 12.1 Å². The first-order valence-corrected chi connectivity index (χ1v) is 7.46. The van der Waals surface area contributed by atoms with Crippen LogP contribution in [0.3, 0.4) is 0 Å². The fourth-order valence-corrected chi connectivity index (χ4v) is 1.99. The molecule has 0 spiro atoms. The van der Waals surface area contributed by atoms with Gasteiger partial charge in [0, 0.05) is 0 Å². The Labute approximate surface area is 99.6 Å². The molecule has 0 radical (unpaired) electrons. The smallest absolute Gasteiger partial charge is 0.240 e. The molecule has 0 unspecified atom stereocenters. The van der Waals surface area contributed by atoms with Crippen LogP contribution in [0, 0.1) is 22.7 Å². The van der Waals surface area contributed by atoms with Crippen LogP contribution in [0.1, 0.15) is 12.8 Å². The first kappa shape index (κ1) is 15.8. The predicted octanol–water partition coefficient (Wildman–Crippen LogP) is -0.536. The third-order valence-corrected chi connectivity index (χ3v) is 3.70. The monoisotopic (exact) mass is 282 g/mol. The molecule has 0 N–H and O–H groups in total. The SMILES string of the molecule is N#CCCS(=O)(=O)OCOS(=O)(=O)CCC#N. The van der Waals surface area contributed by atoms with Gasteiger partial charge >= 0.3 is 0 Å². The maximum Gasteiger partial charge on any atom is 0.270 e. The minimum atomic E-state index is -3.96. The van der Waals surface area contributed by atoms with Gasteiger partial charge in [0.2, 0.25) is 0 Å². The summed E-state index contributed by atoms with van der Waals surface area (Å²) in [7, 11) is -7.93. The molecule has 0 heterocycles. The van der Waals surface area contributed by atoms with Crippen molar-refractivity contribution in [1.82, 2.24) is 0 Å². The predicted molar refractivity (Wildman–Crippen MR) is 55.1 cm³/mol. The molecule has 0 aromatic rings. The molecule has 0 aliphatic heterocycles. The summed E-state index contributed by atoms with van der Waals surface area (Å²) in [6, 6.07) is 3.21. The van der Waals surface area contributed by atoms with Crippen LogP contribution < -0.4 is 0 Å². The van der Waals surface area contributed by atoms with Gasteiger partial charge in [-0.1, -0.05) is 0 Å². The van der Waals surface area contributed by atoms with E-state index in [1.807, 2.05) is 0 Å². The highest BCUT2D eigenvalue weighted by molar-refractivity contribution is 7.87. The zero-order valence-corrected chi connectivity index (χ0v) is 10.3. The molecule has 0 saturated carbocycles. The molecule has 0 aromatic heterocycles. The Kier molecular flexibility index (Phi) is 6.68. The summed E-state index contributed by atoms with van der Waals surface area (Å²) >= 11 is 0. The first-order valence-electron chi connectivity index (χ1n) is 4.31. The average Bonchev–Trinajstić information content (AvgIpc) is 2.23. The molecule has 96 valence electrons. The summed E-state index contributed by atoms with van der Waals surface area (Å²) in [6.45, 7) is -0.985. The lowest BCUT2D eigenvalue weighted by molar-refractivity contribution is 0.132. The Balaban J connectivity index is 4.08. The van der Waals surface area contributed by atoms with Gasteiger partial charge in [0.1, 0.15) is 0 Å². The second kappa shape index (κ2) is 7.19. The van der Waals surface area contributed by atoms with Crippen molar-refractivity contribution in [3.05, 3.63) is 0 Å². The molecular formula is C7H10N2O6S2. The molecule has 0 saturated heterocycles. The van der Waals surface area contributed by atoms with Crippen LogP contribution in [0.15, 0.2) is 0 Å². The van der Waals surface area contributed by atoms with Gasteiger partial charge in [-0.05, 0) is 0 Å². The van der Waals surface area contributed by atoms with Gasteiger partial charge in [-0.2, -0.15) is 27.4 Å². The highest BCUT2D eigenvalue weighted by atomic mass is 32.2. The molecule has 0 aliphatic carbocycles. The van der Waals surface area contributed by atoms with Crippen LogP contribution in [0.5, 0.6) is 0 Å². The molecule has 0 aliphatic rings. The largest absolute Gasteiger partial charge is 0.270 e. The van der Waals surface area contributed by atoms with E-state index in [0.717, 1.165) is 0 Å². The summed E-state index contributed by atoms with van der Waals surface area (Å²) in [4.78, 5) is 0. The number of nitrogens with zero attached hydrogens (tertiary/aromatic N) is 2. The lowest BCUT2D eigenvalue weighted by Crippen LogP contribution is -2.17. The van der Waals surface area contributed by atoms with E-state index in [0.29, 0.717) is 0 Å². The van der Waals surface area contributed by atoms with E-state index in [1.165, 1.54) is 0 Å². The lowest BCUT2D eigenvalue weighted by atomic mass is 10.6. The summed E-state index contributed by atoms with van der Waals surface area (Å²) in [5.41, 5.74) is 0. The fraction of sp³-hybridized carbons (Fsp3) is 0.714. The van der Waals surface area contributed by atoms with Crippen molar-refractivity contribution in [1.29, 1.82) is 10.5 Å². The van der Waals surface area contributed by atoms with Gasteiger partial charge in [0.15, 0.2) is 6.79 Å². The van der Waals surface area contributed by atoms with E-state index in [-0.39, 0.29) is 12.8 Å². The molecule has 10 heteroatoms. The third kappa shape index (κ3) is 8.59. The van der Waals surface area contributed by atoms with E-state index in [2.05, 4.69) is 8.37 Å².